The van der Waals surface area contributed by atoms with Crippen molar-refractivity contribution in [3.63, 3.8) is 0 Å². The number of rotatable bonds is 6. The van der Waals surface area contributed by atoms with Crippen LogP contribution in [0.1, 0.15) is 22.8 Å². The SMILES string of the molecule is CC(=O)Nc1ccc(Nc2cc(C(=O)NCc3ccccc3Cl)ccn2)cc1. The summed E-state index contributed by atoms with van der Waals surface area (Å²) in [6.45, 7) is 1.80. The van der Waals surface area contributed by atoms with Crippen LogP contribution in [0.2, 0.25) is 5.02 Å². The summed E-state index contributed by atoms with van der Waals surface area (Å²) in [6.07, 6.45) is 1.57. The largest absolute Gasteiger partial charge is 0.348 e. The lowest BCUT2D eigenvalue weighted by Gasteiger charge is -2.10. The first-order chi connectivity index (χ1) is 13.5. The van der Waals surface area contributed by atoms with Crippen LogP contribution in [0.15, 0.2) is 66.9 Å². The van der Waals surface area contributed by atoms with Gasteiger partial charge in [0.2, 0.25) is 5.91 Å². The fourth-order valence-corrected chi connectivity index (χ4v) is 2.75. The summed E-state index contributed by atoms with van der Waals surface area (Å²) in [7, 11) is 0. The molecule has 2 aromatic carbocycles. The van der Waals surface area contributed by atoms with Gasteiger partial charge in [-0.05, 0) is 48.0 Å². The van der Waals surface area contributed by atoms with Crippen LogP contribution < -0.4 is 16.0 Å². The highest BCUT2D eigenvalue weighted by Gasteiger charge is 2.08. The molecule has 0 aliphatic heterocycles. The van der Waals surface area contributed by atoms with Crippen LogP contribution in [-0.2, 0) is 11.3 Å². The number of carbonyl (C=O) groups is 2. The third-order valence-corrected chi connectivity index (χ3v) is 4.27. The van der Waals surface area contributed by atoms with Gasteiger partial charge in [0.15, 0.2) is 0 Å². The van der Waals surface area contributed by atoms with Crippen LogP contribution in [-0.4, -0.2) is 16.8 Å². The molecular weight excluding hydrogens is 376 g/mol. The van der Waals surface area contributed by atoms with Gasteiger partial charge < -0.3 is 16.0 Å². The van der Waals surface area contributed by atoms with Gasteiger partial charge in [0.1, 0.15) is 5.82 Å². The van der Waals surface area contributed by atoms with E-state index < -0.39 is 0 Å². The summed E-state index contributed by atoms with van der Waals surface area (Å²) < 4.78 is 0. The molecule has 2 amide bonds. The normalized spacial score (nSPS) is 10.2. The maximum Gasteiger partial charge on any atom is 0.251 e. The Bertz CT molecular complexity index is 990. The maximum atomic E-state index is 12.4. The molecular formula is C21H19ClN4O2. The average Bonchev–Trinajstić information content (AvgIpc) is 2.68. The molecule has 0 bridgehead atoms. The summed E-state index contributed by atoms with van der Waals surface area (Å²) in [5.41, 5.74) is 2.83. The zero-order valence-corrected chi connectivity index (χ0v) is 16.0. The van der Waals surface area contributed by atoms with E-state index in [0.717, 1.165) is 11.3 Å². The maximum absolute atomic E-state index is 12.4. The summed E-state index contributed by atoms with van der Waals surface area (Å²) >= 11 is 6.11. The van der Waals surface area contributed by atoms with E-state index in [9.17, 15) is 9.59 Å². The van der Waals surface area contributed by atoms with Crippen LogP contribution in [0.25, 0.3) is 0 Å². The van der Waals surface area contributed by atoms with Gasteiger partial charge in [0.25, 0.3) is 5.91 Å². The Kier molecular flexibility index (Phi) is 6.24. The molecule has 3 N–H and O–H groups in total. The molecule has 1 aromatic heterocycles. The van der Waals surface area contributed by atoms with E-state index in [1.54, 1.807) is 36.5 Å². The number of anilines is 3. The molecule has 142 valence electrons. The molecule has 0 fully saturated rings. The molecule has 0 saturated carbocycles. The Morgan fingerprint density at radius 2 is 1.71 bits per heavy atom. The number of hydrogen-bond acceptors (Lipinski definition) is 4. The minimum atomic E-state index is -0.216. The van der Waals surface area contributed by atoms with Crippen LogP contribution in [0.4, 0.5) is 17.2 Å². The second-order valence-corrected chi connectivity index (χ2v) is 6.49. The van der Waals surface area contributed by atoms with E-state index in [4.69, 9.17) is 11.6 Å². The van der Waals surface area contributed by atoms with E-state index in [0.29, 0.717) is 28.6 Å². The fourth-order valence-electron chi connectivity index (χ4n) is 2.55. The predicted octanol–water partition coefficient (Wildman–Crippen LogP) is 4.37. The number of amides is 2. The lowest BCUT2D eigenvalue weighted by Crippen LogP contribution is -2.23. The Labute approximate surface area is 168 Å². The zero-order chi connectivity index (χ0) is 19.9. The minimum absolute atomic E-state index is 0.127. The average molecular weight is 395 g/mol. The van der Waals surface area contributed by atoms with Gasteiger partial charge in [0, 0.05) is 41.6 Å². The Morgan fingerprint density at radius 1 is 1.00 bits per heavy atom. The molecule has 0 saturated heterocycles. The standard InChI is InChI=1S/C21H19ClN4O2/c1-14(27)25-17-6-8-18(9-7-17)26-20-12-15(10-11-23-20)21(28)24-13-16-4-2-3-5-19(16)22/h2-12H,13H2,1H3,(H,23,26)(H,24,28)(H,25,27). The van der Waals surface area contributed by atoms with Gasteiger partial charge in [-0.3, -0.25) is 9.59 Å². The molecule has 28 heavy (non-hydrogen) atoms. The molecule has 6 nitrogen and oxygen atoms in total. The molecule has 0 aliphatic rings. The number of benzene rings is 2. The smallest absolute Gasteiger partial charge is 0.251 e. The summed E-state index contributed by atoms with van der Waals surface area (Å²) in [6, 6.07) is 17.9. The molecule has 3 rings (SSSR count). The number of aromatic nitrogens is 1. The first-order valence-electron chi connectivity index (χ1n) is 8.63. The molecule has 1 heterocycles. The first-order valence-corrected chi connectivity index (χ1v) is 9.01. The zero-order valence-electron chi connectivity index (χ0n) is 15.2. The van der Waals surface area contributed by atoms with Crippen molar-refractivity contribution in [2.45, 2.75) is 13.5 Å². The number of halogens is 1. The summed E-state index contributed by atoms with van der Waals surface area (Å²) in [5, 5.41) is 9.31. The van der Waals surface area contributed by atoms with Gasteiger partial charge >= 0.3 is 0 Å². The van der Waals surface area contributed by atoms with Gasteiger partial charge in [-0.15, -0.1) is 0 Å². The number of nitrogens with zero attached hydrogens (tertiary/aromatic N) is 1. The van der Waals surface area contributed by atoms with E-state index in [-0.39, 0.29) is 11.8 Å². The van der Waals surface area contributed by atoms with Crippen molar-refractivity contribution in [3.8, 4) is 0 Å². The molecule has 0 unspecified atom stereocenters. The molecule has 0 radical (unpaired) electrons. The van der Waals surface area contributed by atoms with Gasteiger partial charge in [-0.2, -0.15) is 0 Å². The highest BCUT2D eigenvalue weighted by Crippen LogP contribution is 2.19. The third kappa shape index (κ3) is 5.31. The first kappa shape index (κ1) is 19.4. The highest BCUT2D eigenvalue weighted by atomic mass is 35.5. The van der Waals surface area contributed by atoms with Crippen molar-refractivity contribution in [2.75, 3.05) is 10.6 Å². The highest BCUT2D eigenvalue weighted by molar-refractivity contribution is 6.31. The number of carbonyl (C=O) groups excluding carboxylic acids is 2. The van der Waals surface area contributed by atoms with Crippen molar-refractivity contribution < 1.29 is 9.59 Å². The quantitative estimate of drug-likeness (QED) is 0.579. The van der Waals surface area contributed by atoms with Gasteiger partial charge in [-0.1, -0.05) is 29.8 Å². The Hall–Kier alpha value is -3.38. The second kappa shape index (κ2) is 9.01. The number of hydrogen-bond donors (Lipinski definition) is 3. The van der Waals surface area contributed by atoms with Crippen LogP contribution in [0.5, 0.6) is 0 Å². The monoisotopic (exact) mass is 394 g/mol. The fraction of sp³-hybridized carbons (Fsp3) is 0.0952. The molecule has 0 aliphatic carbocycles. The lowest BCUT2D eigenvalue weighted by molar-refractivity contribution is -0.114. The second-order valence-electron chi connectivity index (χ2n) is 6.09. The number of nitrogens with one attached hydrogen (secondary N) is 3. The van der Waals surface area contributed by atoms with Crippen LogP contribution in [0.3, 0.4) is 0 Å². The van der Waals surface area contributed by atoms with Crippen LogP contribution >= 0.6 is 11.6 Å². The van der Waals surface area contributed by atoms with Crippen LogP contribution in [0, 0.1) is 0 Å². The summed E-state index contributed by atoms with van der Waals surface area (Å²) in [4.78, 5) is 27.7. The van der Waals surface area contributed by atoms with Crippen molar-refractivity contribution in [2.24, 2.45) is 0 Å². The van der Waals surface area contributed by atoms with Crippen molar-refractivity contribution in [1.29, 1.82) is 0 Å². The van der Waals surface area contributed by atoms with Crippen molar-refractivity contribution >= 4 is 40.6 Å². The van der Waals surface area contributed by atoms with Crippen molar-refractivity contribution in [1.82, 2.24) is 10.3 Å². The Balaban J connectivity index is 1.64. The predicted molar refractivity (Wildman–Crippen MR) is 111 cm³/mol. The molecule has 3 aromatic rings. The van der Waals surface area contributed by atoms with E-state index in [2.05, 4.69) is 20.9 Å². The molecule has 0 spiro atoms. The third-order valence-electron chi connectivity index (χ3n) is 3.90. The van der Waals surface area contributed by atoms with Gasteiger partial charge in [0.05, 0.1) is 0 Å². The minimum Gasteiger partial charge on any atom is -0.348 e. The van der Waals surface area contributed by atoms with E-state index in [1.165, 1.54) is 6.92 Å². The topological polar surface area (TPSA) is 83.1 Å². The molecule has 0 atom stereocenters. The van der Waals surface area contributed by atoms with Crippen molar-refractivity contribution in [3.05, 3.63) is 83.0 Å². The van der Waals surface area contributed by atoms with E-state index >= 15 is 0 Å². The lowest BCUT2D eigenvalue weighted by atomic mass is 10.2. The summed E-state index contributed by atoms with van der Waals surface area (Å²) in [5.74, 6) is 0.196. The number of pyridine rings is 1. The van der Waals surface area contributed by atoms with Gasteiger partial charge in [-0.25, -0.2) is 4.98 Å². The molecule has 7 heteroatoms. The van der Waals surface area contributed by atoms with E-state index in [1.807, 2.05) is 30.3 Å². The Morgan fingerprint density at radius 3 is 2.43 bits per heavy atom.